The van der Waals surface area contributed by atoms with E-state index >= 15 is 0 Å². The molecule has 0 unspecified atom stereocenters. The Balaban J connectivity index is 0.000000853. The van der Waals surface area contributed by atoms with Gasteiger partial charge in [-0.15, -0.1) is 12.4 Å². The van der Waals surface area contributed by atoms with Gasteiger partial charge < -0.3 is 0 Å². The summed E-state index contributed by atoms with van der Waals surface area (Å²) in [6.45, 7) is 0. The molecular formula is C13H11ClN+. The van der Waals surface area contributed by atoms with Gasteiger partial charge in [0.1, 0.15) is 0 Å². The summed E-state index contributed by atoms with van der Waals surface area (Å²) in [6.07, 6.45) is 2.09. The van der Waals surface area contributed by atoms with E-state index in [1.54, 1.807) is 0 Å². The second kappa shape index (κ2) is 3.87. The van der Waals surface area contributed by atoms with Crippen LogP contribution in [0.2, 0.25) is 0 Å². The average Bonchev–Trinajstić information content (AvgIpc) is 2.29. The molecule has 0 atom stereocenters. The van der Waals surface area contributed by atoms with E-state index in [1.807, 2.05) is 0 Å². The van der Waals surface area contributed by atoms with Gasteiger partial charge >= 0.3 is 0 Å². The molecule has 0 aliphatic rings. The minimum Gasteiger partial charge on any atom is -0.160 e. The van der Waals surface area contributed by atoms with E-state index in [0.29, 0.717) is 0 Å². The van der Waals surface area contributed by atoms with Crippen LogP contribution in [0, 0.1) is 0 Å². The van der Waals surface area contributed by atoms with Gasteiger partial charge in [0.15, 0.2) is 6.20 Å². The minimum atomic E-state index is 0. The third-order valence-electron chi connectivity index (χ3n) is 2.52. The van der Waals surface area contributed by atoms with Crippen LogP contribution < -0.4 is 4.40 Å². The Bertz CT molecular complexity index is 550. The molecule has 74 valence electrons. The maximum atomic E-state index is 2.20. The summed E-state index contributed by atoms with van der Waals surface area (Å²) < 4.78 is 2.20. The molecule has 1 aromatic carbocycles. The number of rotatable bonds is 0. The van der Waals surface area contributed by atoms with E-state index in [9.17, 15) is 0 Å². The highest BCUT2D eigenvalue weighted by Gasteiger charge is 2.05. The molecule has 1 nitrogen and oxygen atoms in total. The van der Waals surface area contributed by atoms with Crippen LogP contribution in [0.15, 0.2) is 60.8 Å². The molecule has 2 aromatic heterocycles. The molecule has 2 heteroatoms. The van der Waals surface area contributed by atoms with Crippen LogP contribution in [0.1, 0.15) is 0 Å². The van der Waals surface area contributed by atoms with Crippen LogP contribution in [0.3, 0.4) is 0 Å². The predicted molar refractivity (Wildman–Crippen MR) is 64.4 cm³/mol. The summed E-state index contributed by atoms with van der Waals surface area (Å²) >= 11 is 0. The number of pyridine rings is 2. The summed E-state index contributed by atoms with van der Waals surface area (Å²) in [5, 5.41) is 1.27. The third-order valence-corrected chi connectivity index (χ3v) is 2.52. The Labute approximate surface area is 94.4 Å². The molecule has 3 aromatic rings. The van der Waals surface area contributed by atoms with Crippen LogP contribution in [-0.4, -0.2) is 0 Å². The molecule has 15 heavy (non-hydrogen) atoms. The first-order chi connectivity index (χ1) is 6.95. The Morgan fingerprint density at radius 1 is 0.733 bits per heavy atom. The second-order valence-electron chi connectivity index (χ2n) is 3.39. The largest absolute Gasteiger partial charge is 0.218 e. The molecule has 0 spiro atoms. The average molecular weight is 217 g/mol. The molecule has 0 saturated heterocycles. The number of hydrogen-bond donors (Lipinski definition) is 0. The van der Waals surface area contributed by atoms with Crippen molar-refractivity contribution in [3.63, 3.8) is 0 Å². The zero-order chi connectivity index (χ0) is 9.38. The lowest BCUT2D eigenvalue weighted by Gasteiger charge is -1.95. The van der Waals surface area contributed by atoms with Crippen molar-refractivity contribution < 1.29 is 4.40 Å². The molecule has 0 aliphatic carbocycles. The van der Waals surface area contributed by atoms with E-state index in [2.05, 4.69) is 65.2 Å². The summed E-state index contributed by atoms with van der Waals surface area (Å²) in [5.41, 5.74) is 2.48. The van der Waals surface area contributed by atoms with Crippen LogP contribution in [0.5, 0.6) is 0 Å². The lowest BCUT2D eigenvalue weighted by atomic mass is 10.2. The van der Waals surface area contributed by atoms with Gasteiger partial charge in [0, 0.05) is 29.7 Å². The molecule has 0 aliphatic heterocycles. The van der Waals surface area contributed by atoms with Crippen molar-refractivity contribution in [3.05, 3.63) is 60.8 Å². The van der Waals surface area contributed by atoms with Gasteiger partial charge in [0.25, 0.3) is 0 Å². The number of halogens is 1. The van der Waals surface area contributed by atoms with Crippen molar-refractivity contribution in [2.45, 2.75) is 0 Å². The first kappa shape index (κ1) is 9.94. The summed E-state index contributed by atoms with van der Waals surface area (Å²) in [4.78, 5) is 0. The van der Waals surface area contributed by atoms with Gasteiger partial charge in [-0.25, -0.2) is 0 Å². The number of fused-ring (bicyclic) bond motifs is 3. The molecule has 0 amide bonds. The van der Waals surface area contributed by atoms with E-state index in [-0.39, 0.29) is 12.4 Å². The van der Waals surface area contributed by atoms with Crippen molar-refractivity contribution >= 4 is 28.8 Å². The van der Waals surface area contributed by atoms with Gasteiger partial charge in [-0.05, 0) is 18.2 Å². The maximum Gasteiger partial charge on any atom is 0.218 e. The van der Waals surface area contributed by atoms with Crippen LogP contribution >= 0.6 is 12.4 Å². The Morgan fingerprint density at radius 2 is 1.53 bits per heavy atom. The smallest absolute Gasteiger partial charge is 0.160 e. The van der Waals surface area contributed by atoms with Crippen LogP contribution in [0.4, 0.5) is 0 Å². The summed E-state index contributed by atoms with van der Waals surface area (Å²) in [6, 6.07) is 18.9. The van der Waals surface area contributed by atoms with E-state index in [1.165, 1.54) is 16.4 Å². The zero-order valence-electron chi connectivity index (χ0n) is 8.13. The molecule has 0 radical (unpaired) electrons. The van der Waals surface area contributed by atoms with Gasteiger partial charge in [0.2, 0.25) is 11.0 Å². The van der Waals surface area contributed by atoms with E-state index in [4.69, 9.17) is 0 Å². The Morgan fingerprint density at radius 3 is 2.47 bits per heavy atom. The minimum absolute atomic E-state index is 0. The fourth-order valence-corrected chi connectivity index (χ4v) is 1.83. The Hall–Kier alpha value is -1.60. The van der Waals surface area contributed by atoms with Crippen molar-refractivity contribution in [2.24, 2.45) is 0 Å². The number of benzene rings is 1. The van der Waals surface area contributed by atoms with Crippen molar-refractivity contribution in [1.82, 2.24) is 0 Å². The highest BCUT2D eigenvalue weighted by Crippen LogP contribution is 2.10. The zero-order valence-corrected chi connectivity index (χ0v) is 8.95. The highest BCUT2D eigenvalue weighted by atomic mass is 35.5. The van der Waals surface area contributed by atoms with Crippen molar-refractivity contribution in [2.75, 3.05) is 0 Å². The monoisotopic (exact) mass is 216 g/mol. The normalized spacial score (nSPS) is 10.1. The van der Waals surface area contributed by atoms with Crippen molar-refractivity contribution in [3.8, 4) is 0 Å². The summed E-state index contributed by atoms with van der Waals surface area (Å²) in [7, 11) is 0. The van der Waals surface area contributed by atoms with E-state index < -0.39 is 0 Å². The Kier molecular flexibility index (Phi) is 2.57. The van der Waals surface area contributed by atoms with Crippen LogP contribution in [-0.2, 0) is 0 Å². The fourth-order valence-electron chi connectivity index (χ4n) is 1.83. The molecular weight excluding hydrogens is 206 g/mol. The van der Waals surface area contributed by atoms with Gasteiger partial charge in [0.05, 0.1) is 0 Å². The standard InChI is InChI=1S/C13H10N.ClH/c1-2-7-13-11(5-1)8-9-12-6-3-4-10-14(12)13;/h1-10H;1H/q+1;. The lowest BCUT2D eigenvalue weighted by molar-refractivity contribution is -0.481. The topological polar surface area (TPSA) is 4.10 Å². The first-order valence-electron chi connectivity index (χ1n) is 4.73. The SMILES string of the molecule is Cl.c1ccc2c(c1)ccc1cccc[n+]12. The number of para-hydroxylation sites is 1. The van der Waals surface area contributed by atoms with Crippen molar-refractivity contribution in [1.29, 1.82) is 0 Å². The quantitative estimate of drug-likeness (QED) is 0.402. The fraction of sp³-hybridized carbons (Fsp3) is 0. The number of aromatic nitrogens is 1. The van der Waals surface area contributed by atoms with Gasteiger partial charge in [-0.1, -0.05) is 12.1 Å². The molecule has 0 bridgehead atoms. The molecule has 0 saturated carbocycles. The van der Waals surface area contributed by atoms with Crippen LogP contribution in [0.25, 0.3) is 16.4 Å². The molecule has 0 fully saturated rings. The maximum absolute atomic E-state index is 2.20. The highest BCUT2D eigenvalue weighted by molar-refractivity contribution is 5.85. The van der Waals surface area contributed by atoms with Gasteiger partial charge in [-0.2, -0.15) is 4.40 Å². The number of hydrogen-bond acceptors (Lipinski definition) is 0. The van der Waals surface area contributed by atoms with E-state index in [0.717, 1.165) is 0 Å². The predicted octanol–water partition coefficient (Wildman–Crippen LogP) is 3.00. The third kappa shape index (κ3) is 1.55. The molecule has 3 rings (SSSR count). The molecule has 0 N–H and O–H groups in total. The molecule has 2 heterocycles. The number of nitrogens with zero attached hydrogens (tertiary/aromatic N) is 1. The summed E-state index contributed by atoms with van der Waals surface area (Å²) in [5.74, 6) is 0. The van der Waals surface area contributed by atoms with Gasteiger partial charge in [-0.3, -0.25) is 0 Å². The second-order valence-corrected chi connectivity index (χ2v) is 3.39. The lowest BCUT2D eigenvalue weighted by Crippen LogP contribution is -2.21. The first-order valence-corrected chi connectivity index (χ1v) is 4.73.